The second-order valence-corrected chi connectivity index (χ2v) is 5.88. The third-order valence-corrected chi connectivity index (χ3v) is 3.97. The fourth-order valence-electron chi connectivity index (χ4n) is 2.39. The van der Waals surface area contributed by atoms with Crippen molar-refractivity contribution < 1.29 is 4.79 Å². The molecule has 2 nitrogen and oxygen atoms in total. The molecule has 2 aromatic carbocycles. The van der Waals surface area contributed by atoms with Crippen LogP contribution in [0.5, 0.6) is 0 Å². The van der Waals surface area contributed by atoms with Crippen LogP contribution in [0.1, 0.15) is 24.5 Å². The number of hydrogen-bond donors (Lipinski definition) is 0. The number of halogens is 1. The molecule has 0 aromatic heterocycles. The predicted octanol–water partition coefficient (Wildman–Crippen LogP) is 4.36. The van der Waals surface area contributed by atoms with E-state index in [-0.39, 0.29) is 5.78 Å². The molecule has 0 unspecified atom stereocenters. The zero-order valence-corrected chi connectivity index (χ0v) is 13.7. The van der Waals surface area contributed by atoms with E-state index >= 15 is 0 Å². The molecule has 22 heavy (non-hydrogen) atoms. The van der Waals surface area contributed by atoms with Gasteiger partial charge in [-0.25, -0.2) is 0 Å². The van der Waals surface area contributed by atoms with Gasteiger partial charge in [0.1, 0.15) is 5.78 Å². The van der Waals surface area contributed by atoms with Gasteiger partial charge in [-0.1, -0.05) is 61.0 Å². The molecule has 0 atom stereocenters. The fourth-order valence-corrected chi connectivity index (χ4v) is 2.52. The van der Waals surface area contributed by atoms with E-state index in [1.807, 2.05) is 30.3 Å². The maximum Gasteiger partial charge on any atom is 0.138 e. The summed E-state index contributed by atoms with van der Waals surface area (Å²) in [6, 6.07) is 17.9. The fraction of sp³-hybridized carbons (Fsp3) is 0.316. The van der Waals surface area contributed by atoms with Crippen molar-refractivity contribution in [3.63, 3.8) is 0 Å². The van der Waals surface area contributed by atoms with Gasteiger partial charge in [0.25, 0.3) is 0 Å². The molecular weight excluding hydrogens is 294 g/mol. The van der Waals surface area contributed by atoms with Crippen molar-refractivity contribution in [2.75, 3.05) is 13.1 Å². The maximum absolute atomic E-state index is 12.1. The Morgan fingerprint density at radius 3 is 2.32 bits per heavy atom. The van der Waals surface area contributed by atoms with Crippen LogP contribution in [0.15, 0.2) is 54.6 Å². The standard InChI is InChI=1S/C19H22ClNO/c1-2-21(15-17-6-4-3-5-7-17)13-12-19(22)14-16-8-10-18(20)11-9-16/h3-11H,2,12-15H2,1H3. The summed E-state index contributed by atoms with van der Waals surface area (Å²) in [6.07, 6.45) is 1.07. The summed E-state index contributed by atoms with van der Waals surface area (Å²) in [7, 11) is 0. The lowest BCUT2D eigenvalue weighted by Crippen LogP contribution is -2.26. The van der Waals surface area contributed by atoms with Crippen molar-refractivity contribution in [3.05, 3.63) is 70.7 Å². The number of rotatable bonds is 8. The second-order valence-electron chi connectivity index (χ2n) is 5.45. The Bertz CT molecular complexity index is 580. The molecule has 0 aliphatic heterocycles. The first-order valence-electron chi connectivity index (χ1n) is 7.70. The number of hydrogen-bond acceptors (Lipinski definition) is 2. The molecule has 2 aromatic rings. The third-order valence-electron chi connectivity index (χ3n) is 3.72. The highest BCUT2D eigenvalue weighted by molar-refractivity contribution is 6.30. The molecule has 0 saturated carbocycles. The maximum atomic E-state index is 12.1. The Labute approximate surface area is 137 Å². The summed E-state index contributed by atoms with van der Waals surface area (Å²) in [5, 5.41) is 0.705. The minimum absolute atomic E-state index is 0.272. The Morgan fingerprint density at radius 1 is 1.00 bits per heavy atom. The molecule has 2 rings (SSSR count). The van der Waals surface area contributed by atoms with Crippen molar-refractivity contribution in [2.24, 2.45) is 0 Å². The van der Waals surface area contributed by atoms with Gasteiger partial charge in [-0.15, -0.1) is 0 Å². The molecule has 0 spiro atoms. The van der Waals surface area contributed by atoms with Gasteiger partial charge in [0.15, 0.2) is 0 Å². The molecular formula is C19H22ClNO. The van der Waals surface area contributed by atoms with Crippen molar-refractivity contribution in [2.45, 2.75) is 26.3 Å². The van der Waals surface area contributed by atoms with Crippen LogP contribution in [-0.4, -0.2) is 23.8 Å². The molecule has 0 N–H and O–H groups in total. The van der Waals surface area contributed by atoms with Crippen LogP contribution in [0.25, 0.3) is 0 Å². The number of Topliss-reactive ketones (excluding diaryl/α,β-unsaturated/α-hetero) is 1. The Balaban J connectivity index is 1.79. The van der Waals surface area contributed by atoms with Gasteiger partial charge in [0.2, 0.25) is 0 Å². The monoisotopic (exact) mass is 315 g/mol. The van der Waals surface area contributed by atoms with E-state index in [4.69, 9.17) is 11.6 Å². The number of carbonyl (C=O) groups excluding carboxylic acids is 1. The van der Waals surface area contributed by atoms with Gasteiger partial charge in [0, 0.05) is 31.0 Å². The first-order valence-corrected chi connectivity index (χ1v) is 8.07. The summed E-state index contributed by atoms with van der Waals surface area (Å²) in [5.41, 5.74) is 2.31. The minimum atomic E-state index is 0.272. The Morgan fingerprint density at radius 2 is 1.68 bits per heavy atom. The molecule has 0 amide bonds. The molecule has 0 aliphatic rings. The summed E-state index contributed by atoms with van der Waals surface area (Å²) in [4.78, 5) is 14.4. The van der Waals surface area contributed by atoms with Gasteiger partial charge in [-0.05, 0) is 29.8 Å². The molecule has 0 radical (unpaired) electrons. The molecule has 0 heterocycles. The highest BCUT2D eigenvalue weighted by Gasteiger charge is 2.08. The van der Waals surface area contributed by atoms with Crippen LogP contribution < -0.4 is 0 Å². The summed E-state index contributed by atoms with van der Waals surface area (Å²) in [5.74, 6) is 0.272. The van der Waals surface area contributed by atoms with Crippen LogP contribution >= 0.6 is 11.6 Å². The third kappa shape index (κ3) is 5.63. The van der Waals surface area contributed by atoms with E-state index in [0.717, 1.165) is 25.2 Å². The largest absolute Gasteiger partial charge is 0.299 e. The smallest absolute Gasteiger partial charge is 0.138 e. The van der Waals surface area contributed by atoms with E-state index in [9.17, 15) is 4.79 Å². The van der Waals surface area contributed by atoms with Crippen molar-refractivity contribution in [3.8, 4) is 0 Å². The molecule has 0 aliphatic carbocycles. The van der Waals surface area contributed by atoms with Gasteiger partial charge < -0.3 is 0 Å². The molecule has 0 saturated heterocycles. The van der Waals surface area contributed by atoms with Gasteiger partial charge in [-0.3, -0.25) is 9.69 Å². The first-order chi connectivity index (χ1) is 10.7. The van der Waals surface area contributed by atoms with Crippen molar-refractivity contribution in [1.82, 2.24) is 4.90 Å². The van der Waals surface area contributed by atoms with Gasteiger partial charge in [0.05, 0.1) is 0 Å². The van der Waals surface area contributed by atoms with Gasteiger partial charge >= 0.3 is 0 Å². The number of benzene rings is 2. The topological polar surface area (TPSA) is 20.3 Å². The highest BCUT2D eigenvalue weighted by atomic mass is 35.5. The lowest BCUT2D eigenvalue weighted by atomic mass is 10.1. The van der Waals surface area contributed by atoms with E-state index in [1.54, 1.807) is 0 Å². The lowest BCUT2D eigenvalue weighted by molar-refractivity contribution is -0.118. The SMILES string of the molecule is CCN(CCC(=O)Cc1ccc(Cl)cc1)Cc1ccccc1. The highest BCUT2D eigenvalue weighted by Crippen LogP contribution is 2.11. The molecule has 0 fully saturated rings. The molecule has 0 bridgehead atoms. The predicted molar refractivity (Wildman–Crippen MR) is 92.2 cm³/mol. The van der Waals surface area contributed by atoms with Crippen LogP contribution in [-0.2, 0) is 17.8 Å². The van der Waals surface area contributed by atoms with Crippen LogP contribution in [0.4, 0.5) is 0 Å². The van der Waals surface area contributed by atoms with E-state index < -0.39 is 0 Å². The van der Waals surface area contributed by atoms with Crippen molar-refractivity contribution >= 4 is 17.4 Å². The normalized spacial score (nSPS) is 10.9. The van der Waals surface area contributed by atoms with Crippen molar-refractivity contribution in [1.29, 1.82) is 0 Å². The Hall–Kier alpha value is -1.64. The number of nitrogens with zero attached hydrogens (tertiary/aromatic N) is 1. The van der Waals surface area contributed by atoms with Crippen LogP contribution in [0.2, 0.25) is 5.02 Å². The summed E-state index contributed by atoms with van der Waals surface area (Å²) in [6.45, 7) is 4.78. The van der Waals surface area contributed by atoms with Crippen LogP contribution in [0, 0.1) is 0 Å². The van der Waals surface area contributed by atoms with E-state index in [0.29, 0.717) is 17.9 Å². The summed E-state index contributed by atoms with van der Waals surface area (Å²) < 4.78 is 0. The van der Waals surface area contributed by atoms with E-state index in [1.165, 1.54) is 5.56 Å². The Kier molecular flexibility index (Phi) is 6.63. The van der Waals surface area contributed by atoms with Gasteiger partial charge in [-0.2, -0.15) is 0 Å². The average molecular weight is 316 g/mol. The van der Waals surface area contributed by atoms with E-state index in [2.05, 4.69) is 36.1 Å². The number of ketones is 1. The molecule has 116 valence electrons. The quantitative estimate of drug-likeness (QED) is 0.721. The summed E-state index contributed by atoms with van der Waals surface area (Å²) >= 11 is 5.86. The second kappa shape index (κ2) is 8.72. The molecule has 3 heteroatoms. The lowest BCUT2D eigenvalue weighted by Gasteiger charge is -2.20. The minimum Gasteiger partial charge on any atom is -0.299 e. The zero-order valence-electron chi connectivity index (χ0n) is 13.0. The number of carbonyl (C=O) groups is 1. The zero-order chi connectivity index (χ0) is 15.8. The first kappa shape index (κ1) is 16.7. The average Bonchev–Trinajstić information content (AvgIpc) is 2.54. The van der Waals surface area contributed by atoms with Crippen LogP contribution in [0.3, 0.4) is 0 Å².